The predicted molar refractivity (Wildman–Crippen MR) is 154 cm³/mol. The van der Waals surface area contributed by atoms with Gasteiger partial charge >= 0.3 is 5.69 Å². The second-order valence-corrected chi connectivity index (χ2v) is 9.44. The van der Waals surface area contributed by atoms with E-state index < -0.39 is 10.5 Å². The molecule has 204 valence electrons. The predicted octanol–water partition coefficient (Wildman–Crippen LogP) is 6.83. The molecule has 0 aliphatic heterocycles. The Kier molecular flexibility index (Phi) is 7.52. The number of furan rings is 1. The molecule has 0 amide bonds. The lowest BCUT2D eigenvalue weighted by Gasteiger charge is -2.16. The quantitative estimate of drug-likeness (QED) is 0.110. The molecule has 0 unspecified atom stereocenters. The highest BCUT2D eigenvalue weighted by atomic mass is 35.5. The Bertz CT molecular complexity index is 1830. The van der Waals surface area contributed by atoms with E-state index in [4.69, 9.17) is 25.5 Å². The molecule has 10 nitrogen and oxygen atoms in total. The van der Waals surface area contributed by atoms with Gasteiger partial charge in [0.15, 0.2) is 11.5 Å². The summed E-state index contributed by atoms with van der Waals surface area (Å²) in [5, 5.41) is 18.0. The van der Waals surface area contributed by atoms with Crippen LogP contribution in [-0.2, 0) is 0 Å². The Balaban J connectivity index is 1.68. The van der Waals surface area contributed by atoms with E-state index in [2.05, 4.69) is 10.1 Å². The average molecular weight is 561 g/mol. The van der Waals surface area contributed by atoms with E-state index >= 15 is 0 Å². The number of aromatic nitrogens is 2. The minimum atomic E-state index is -0.535. The maximum Gasteiger partial charge on any atom is 0.315 e. The number of para-hydroxylation sites is 1. The highest BCUT2D eigenvalue weighted by Crippen LogP contribution is 2.39. The maximum atomic E-state index is 13.6. The first-order valence-electron chi connectivity index (χ1n) is 12.7. The fraction of sp³-hybridized carbons (Fsp3) is 0.207. The van der Waals surface area contributed by atoms with Crippen molar-refractivity contribution in [2.45, 2.75) is 33.3 Å². The largest absolute Gasteiger partial charge is 0.490 e. The molecule has 0 bridgehead atoms. The Morgan fingerprint density at radius 1 is 1.18 bits per heavy atom. The summed E-state index contributed by atoms with van der Waals surface area (Å²) in [5.74, 6) is 0.709. The number of halogens is 1. The van der Waals surface area contributed by atoms with E-state index in [1.54, 1.807) is 61.5 Å². The van der Waals surface area contributed by atoms with E-state index in [-0.39, 0.29) is 35.7 Å². The van der Waals surface area contributed by atoms with Crippen LogP contribution in [0.2, 0.25) is 5.02 Å². The molecule has 3 aromatic carbocycles. The summed E-state index contributed by atoms with van der Waals surface area (Å²) in [4.78, 5) is 29.6. The summed E-state index contributed by atoms with van der Waals surface area (Å²) in [7, 11) is 0. The first-order valence-corrected chi connectivity index (χ1v) is 13.0. The third-order valence-corrected chi connectivity index (χ3v) is 6.46. The highest BCUT2D eigenvalue weighted by molar-refractivity contribution is 6.31. The van der Waals surface area contributed by atoms with Gasteiger partial charge in [0.1, 0.15) is 5.58 Å². The van der Waals surface area contributed by atoms with Crippen molar-refractivity contribution in [1.29, 1.82) is 0 Å². The summed E-state index contributed by atoms with van der Waals surface area (Å²) in [6, 6.07) is 16.7. The first kappa shape index (κ1) is 26.9. The molecule has 2 heterocycles. The van der Waals surface area contributed by atoms with Crippen LogP contribution in [-0.4, -0.2) is 33.5 Å². The number of nitrogens with zero attached hydrogens (tertiary/aromatic N) is 4. The molecule has 2 aromatic heterocycles. The molecule has 0 aliphatic rings. The SMILES string of the molecule is CCOc1cc(C=Nn2c(-c3cc4cc(Cl)ccc4o3)nc3ccccc3c2=O)cc([N+](=O)[O-])c1O[C@@H](C)CC. The van der Waals surface area contributed by atoms with Crippen LogP contribution in [0.3, 0.4) is 0 Å². The van der Waals surface area contributed by atoms with Crippen molar-refractivity contribution in [3.05, 3.63) is 91.7 Å². The monoisotopic (exact) mass is 560 g/mol. The zero-order valence-corrected chi connectivity index (χ0v) is 22.7. The van der Waals surface area contributed by atoms with Gasteiger partial charge in [-0.2, -0.15) is 9.78 Å². The first-order chi connectivity index (χ1) is 19.3. The third-order valence-electron chi connectivity index (χ3n) is 6.22. The zero-order valence-electron chi connectivity index (χ0n) is 22.0. The van der Waals surface area contributed by atoms with E-state index in [1.165, 1.54) is 12.3 Å². The Labute approximate surface area is 233 Å². The van der Waals surface area contributed by atoms with E-state index in [9.17, 15) is 14.9 Å². The van der Waals surface area contributed by atoms with Gasteiger partial charge in [0.05, 0.1) is 34.8 Å². The summed E-state index contributed by atoms with van der Waals surface area (Å²) in [5.41, 5.74) is 0.645. The molecule has 5 aromatic rings. The highest BCUT2D eigenvalue weighted by Gasteiger charge is 2.24. The minimum Gasteiger partial charge on any atom is -0.490 e. The standard InChI is InChI=1S/C29H25ClN4O6/c1-4-17(3)39-27-23(34(36)37)12-18(13-25(27)38-5-2)16-31-33-28(32-22-9-7-6-8-21(22)29(33)35)26-15-19-14-20(30)10-11-24(19)40-26/h6-17H,4-5H2,1-3H3/t17-/m0/s1. The van der Waals surface area contributed by atoms with Crippen LogP contribution in [0.4, 0.5) is 5.69 Å². The van der Waals surface area contributed by atoms with Gasteiger partial charge in [0, 0.05) is 22.0 Å². The third kappa shape index (κ3) is 5.26. The smallest absolute Gasteiger partial charge is 0.315 e. The molecule has 0 spiro atoms. The molecule has 0 aliphatic carbocycles. The maximum absolute atomic E-state index is 13.6. The van der Waals surface area contributed by atoms with Crippen molar-refractivity contribution in [1.82, 2.24) is 9.66 Å². The average Bonchev–Trinajstić information content (AvgIpc) is 3.36. The Morgan fingerprint density at radius 2 is 1.98 bits per heavy atom. The van der Waals surface area contributed by atoms with Crippen molar-refractivity contribution < 1.29 is 18.8 Å². The molecule has 0 saturated heterocycles. The fourth-order valence-corrected chi connectivity index (χ4v) is 4.30. The van der Waals surface area contributed by atoms with E-state index in [0.717, 1.165) is 10.1 Å². The Hall–Kier alpha value is -4.70. The van der Waals surface area contributed by atoms with Gasteiger partial charge in [-0.3, -0.25) is 14.9 Å². The summed E-state index contributed by atoms with van der Waals surface area (Å²) < 4.78 is 18.6. The van der Waals surface area contributed by atoms with Gasteiger partial charge in [-0.15, -0.1) is 0 Å². The van der Waals surface area contributed by atoms with Crippen LogP contribution in [0, 0.1) is 10.1 Å². The minimum absolute atomic E-state index is 0.0458. The number of benzene rings is 3. The molecule has 0 radical (unpaired) electrons. The van der Waals surface area contributed by atoms with Crippen LogP contribution in [0.5, 0.6) is 11.5 Å². The van der Waals surface area contributed by atoms with Gasteiger partial charge in [-0.1, -0.05) is 30.7 Å². The van der Waals surface area contributed by atoms with Gasteiger partial charge < -0.3 is 13.9 Å². The Morgan fingerprint density at radius 3 is 2.73 bits per heavy atom. The van der Waals surface area contributed by atoms with Gasteiger partial charge in [0.2, 0.25) is 11.6 Å². The van der Waals surface area contributed by atoms with Crippen molar-refractivity contribution in [2.24, 2.45) is 5.10 Å². The molecular formula is C29H25ClN4O6. The van der Waals surface area contributed by atoms with E-state index in [0.29, 0.717) is 39.3 Å². The molecule has 0 saturated carbocycles. The molecular weight excluding hydrogens is 536 g/mol. The van der Waals surface area contributed by atoms with Crippen molar-refractivity contribution in [3.63, 3.8) is 0 Å². The number of nitro groups is 1. The van der Waals surface area contributed by atoms with Crippen LogP contribution in [0.1, 0.15) is 32.8 Å². The second kappa shape index (κ2) is 11.2. The van der Waals surface area contributed by atoms with Crippen LogP contribution >= 0.6 is 11.6 Å². The summed E-state index contributed by atoms with van der Waals surface area (Å²) >= 11 is 6.14. The van der Waals surface area contributed by atoms with Crippen molar-refractivity contribution >= 4 is 45.4 Å². The lowest BCUT2D eigenvalue weighted by Crippen LogP contribution is -2.20. The topological polar surface area (TPSA) is 122 Å². The fourth-order valence-electron chi connectivity index (χ4n) is 4.12. The van der Waals surface area contributed by atoms with Crippen LogP contribution in [0.25, 0.3) is 33.5 Å². The van der Waals surface area contributed by atoms with Crippen molar-refractivity contribution in [2.75, 3.05) is 6.61 Å². The molecule has 11 heteroatoms. The number of fused-ring (bicyclic) bond motifs is 2. The molecule has 0 N–H and O–H groups in total. The number of hydrogen-bond donors (Lipinski definition) is 0. The molecule has 0 fully saturated rings. The van der Waals surface area contributed by atoms with Gasteiger partial charge in [0.25, 0.3) is 5.56 Å². The van der Waals surface area contributed by atoms with Gasteiger partial charge in [-0.25, -0.2) is 4.98 Å². The lowest BCUT2D eigenvalue weighted by atomic mass is 10.1. The lowest BCUT2D eigenvalue weighted by molar-refractivity contribution is -0.386. The zero-order chi connectivity index (χ0) is 28.4. The summed E-state index contributed by atoms with van der Waals surface area (Å²) in [6.07, 6.45) is 1.73. The molecule has 40 heavy (non-hydrogen) atoms. The van der Waals surface area contributed by atoms with Crippen LogP contribution in [0.15, 0.2) is 75.0 Å². The molecule has 1 atom stereocenters. The summed E-state index contributed by atoms with van der Waals surface area (Å²) in [6.45, 7) is 5.78. The molecule has 5 rings (SSSR count). The van der Waals surface area contributed by atoms with E-state index in [1.807, 2.05) is 13.8 Å². The number of hydrogen-bond acceptors (Lipinski definition) is 8. The van der Waals surface area contributed by atoms with Gasteiger partial charge in [-0.05, 0) is 62.7 Å². The number of nitro benzene ring substituents is 1. The normalized spacial score (nSPS) is 12.3. The number of rotatable bonds is 9. The van der Waals surface area contributed by atoms with Crippen molar-refractivity contribution in [3.8, 4) is 23.1 Å². The number of ether oxygens (including phenoxy) is 2. The van der Waals surface area contributed by atoms with Crippen LogP contribution < -0.4 is 15.0 Å². The second-order valence-electron chi connectivity index (χ2n) is 9.00.